The minimum absolute atomic E-state index is 0.0151. The van der Waals surface area contributed by atoms with Crippen LogP contribution in [0, 0.1) is 0 Å². The Hall–Kier alpha value is -4.56. The van der Waals surface area contributed by atoms with Crippen LogP contribution in [0.2, 0.25) is 0 Å². The number of phenolic OH excluding ortho intramolecular Hbond substituents is 1. The summed E-state index contributed by atoms with van der Waals surface area (Å²) in [5.74, 6) is -4.92. The first-order valence-corrected chi connectivity index (χ1v) is 13.2. The van der Waals surface area contributed by atoms with E-state index < -0.39 is 60.2 Å². The van der Waals surface area contributed by atoms with E-state index in [1.165, 1.54) is 24.3 Å². The van der Waals surface area contributed by atoms with Crippen LogP contribution in [0.3, 0.4) is 0 Å². The van der Waals surface area contributed by atoms with Gasteiger partial charge in [0.05, 0.1) is 12.5 Å². The second kappa shape index (κ2) is 14.2. The van der Waals surface area contributed by atoms with Gasteiger partial charge in [0.25, 0.3) is 0 Å². The number of carbonyl (C=O) groups is 5. The van der Waals surface area contributed by atoms with E-state index in [0.717, 1.165) is 16.5 Å². The van der Waals surface area contributed by atoms with E-state index in [2.05, 4.69) is 33.6 Å². The van der Waals surface area contributed by atoms with Crippen molar-refractivity contribution in [2.45, 2.75) is 43.4 Å². The number of nitrogens with one attached hydrogen (secondary N) is 4. The first-order chi connectivity index (χ1) is 19.5. The smallest absolute Gasteiger partial charge is 0.326 e. The number of rotatable bonds is 14. The Morgan fingerprint density at radius 1 is 0.854 bits per heavy atom. The van der Waals surface area contributed by atoms with Gasteiger partial charge < -0.3 is 42.6 Å². The zero-order chi connectivity index (χ0) is 30.1. The number of hydrogen-bond donors (Lipinski definition) is 9. The molecule has 3 rings (SSSR count). The fourth-order valence-corrected chi connectivity index (χ4v) is 4.38. The number of primary amides is 1. The summed E-state index contributed by atoms with van der Waals surface area (Å²) < 4.78 is 0. The van der Waals surface area contributed by atoms with Gasteiger partial charge in [-0.25, -0.2) is 4.79 Å². The van der Waals surface area contributed by atoms with Gasteiger partial charge >= 0.3 is 5.97 Å². The van der Waals surface area contributed by atoms with Gasteiger partial charge in [0.1, 0.15) is 23.9 Å². The maximum atomic E-state index is 13.0. The lowest BCUT2D eigenvalue weighted by molar-refractivity contribution is -0.142. The number of aromatic hydroxyl groups is 1. The lowest BCUT2D eigenvalue weighted by Gasteiger charge is -2.24. The molecule has 41 heavy (non-hydrogen) atoms. The van der Waals surface area contributed by atoms with Crippen LogP contribution in [0.15, 0.2) is 54.7 Å². The van der Waals surface area contributed by atoms with E-state index in [1.807, 2.05) is 24.3 Å². The Morgan fingerprint density at radius 3 is 2.10 bits per heavy atom. The summed E-state index contributed by atoms with van der Waals surface area (Å²) in [6.45, 7) is 0. The number of carboxylic acid groups (broad SMARTS) is 1. The van der Waals surface area contributed by atoms with Gasteiger partial charge in [0.2, 0.25) is 23.6 Å². The standard InChI is InChI=1S/C27H32N6O7S/c28-18(10-15-12-30-19-4-2-1-3-17(15)19)24(36)33-22(13-41)26(38)31-20(11-23(29)35)25(37)32-21(27(39)40)9-14-5-7-16(34)8-6-14/h1-8,12,18,20-22,30,34,41H,9-11,13,28H2,(H2,29,35)(H,31,38)(H,32,37)(H,33,36)(H,39,40). The van der Waals surface area contributed by atoms with Crippen molar-refractivity contribution >= 4 is 53.1 Å². The van der Waals surface area contributed by atoms with Crippen LogP contribution >= 0.6 is 12.6 Å². The second-order valence-corrected chi connectivity index (χ2v) is 9.78. The lowest BCUT2D eigenvalue weighted by atomic mass is 10.0. The Kier molecular flexibility index (Phi) is 10.7. The van der Waals surface area contributed by atoms with Gasteiger partial charge in [-0.15, -0.1) is 0 Å². The van der Waals surface area contributed by atoms with Crippen LogP contribution in [0.5, 0.6) is 5.75 Å². The SMILES string of the molecule is NC(=O)CC(NC(=O)C(CS)NC(=O)C(N)Cc1c[nH]c2ccccc12)C(=O)NC(Cc1ccc(O)cc1)C(=O)O. The van der Waals surface area contributed by atoms with Crippen molar-refractivity contribution in [3.63, 3.8) is 0 Å². The van der Waals surface area contributed by atoms with Crippen molar-refractivity contribution in [2.24, 2.45) is 11.5 Å². The number of amides is 4. The minimum atomic E-state index is -1.53. The highest BCUT2D eigenvalue weighted by atomic mass is 32.1. The number of carbonyl (C=O) groups excluding carboxylic acids is 4. The second-order valence-electron chi connectivity index (χ2n) is 9.42. The molecule has 4 atom stereocenters. The third kappa shape index (κ3) is 8.71. The largest absolute Gasteiger partial charge is 0.508 e. The number of hydrogen-bond acceptors (Lipinski definition) is 8. The summed E-state index contributed by atoms with van der Waals surface area (Å²) in [5, 5.41) is 27.1. The maximum absolute atomic E-state index is 13.0. The van der Waals surface area contributed by atoms with E-state index >= 15 is 0 Å². The molecule has 0 aliphatic carbocycles. The highest BCUT2D eigenvalue weighted by molar-refractivity contribution is 7.80. The first-order valence-electron chi connectivity index (χ1n) is 12.6. The van der Waals surface area contributed by atoms with E-state index in [1.54, 1.807) is 6.20 Å². The monoisotopic (exact) mass is 584 g/mol. The third-order valence-electron chi connectivity index (χ3n) is 6.30. The molecule has 0 radical (unpaired) electrons. The lowest BCUT2D eigenvalue weighted by Crippen LogP contribution is -2.58. The molecule has 4 unspecified atom stereocenters. The summed E-state index contributed by atoms with van der Waals surface area (Å²) in [5.41, 5.74) is 13.6. The normalized spacial score (nSPS) is 13.9. The molecule has 3 aromatic rings. The number of aliphatic carboxylic acids is 1. The summed E-state index contributed by atoms with van der Waals surface area (Å²) in [7, 11) is 0. The zero-order valence-electron chi connectivity index (χ0n) is 21.9. The van der Waals surface area contributed by atoms with Crippen LogP contribution < -0.4 is 27.4 Å². The van der Waals surface area contributed by atoms with Crippen LogP contribution in [0.1, 0.15) is 17.5 Å². The predicted molar refractivity (Wildman–Crippen MR) is 153 cm³/mol. The van der Waals surface area contributed by atoms with Gasteiger partial charge in [-0.2, -0.15) is 12.6 Å². The molecule has 0 spiro atoms. The number of thiol groups is 1. The fraction of sp³-hybridized carbons (Fsp3) is 0.296. The van der Waals surface area contributed by atoms with Crippen LogP contribution in [-0.2, 0) is 36.8 Å². The molecule has 218 valence electrons. The van der Waals surface area contributed by atoms with E-state index in [9.17, 15) is 34.2 Å². The number of fused-ring (bicyclic) bond motifs is 1. The molecule has 1 aromatic heterocycles. The zero-order valence-corrected chi connectivity index (χ0v) is 22.8. The number of benzene rings is 2. The molecule has 10 N–H and O–H groups in total. The van der Waals surface area contributed by atoms with Crippen molar-refractivity contribution in [3.8, 4) is 5.75 Å². The molecule has 0 aliphatic rings. The molecule has 0 saturated carbocycles. The molecule has 4 amide bonds. The number of carboxylic acids is 1. The molecular weight excluding hydrogens is 552 g/mol. The van der Waals surface area contributed by atoms with Gasteiger partial charge in [-0.3, -0.25) is 19.2 Å². The van der Waals surface area contributed by atoms with Gasteiger partial charge in [-0.1, -0.05) is 30.3 Å². The molecule has 0 bridgehead atoms. The van der Waals surface area contributed by atoms with Gasteiger partial charge in [0.15, 0.2) is 0 Å². The summed E-state index contributed by atoms with van der Waals surface area (Å²) in [4.78, 5) is 65.2. The van der Waals surface area contributed by atoms with Crippen molar-refractivity contribution in [3.05, 3.63) is 65.9 Å². The maximum Gasteiger partial charge on any atom is 0.326 e. The van der Waals surface area contributed by atoms with Gasteiger partial charge in [-0.05, 0) is 35.7 Å². The molecule has 14 heteroatoms. The summed E-state index contributed by atoms with van der Waals surface area (Å²) in [6.07, 6.45) is 1.17. The molecule has 13 nitrogen and oxygen atoms in total. The number of para-hydroxylation sites is 1. The number of phenols is 1. The quantitative estimate of drug-likeness (QED) is 0.110. The Balaban J connectivity index is 1.64. The fourth-order valence-electron chi connectivity index (χ4n) is 4.13. The number of H-pyrrole nitrogens is 1. The number of aromatic nitrogens is 1. The van der Waals surface area contributed by atoms with Crippen molar-refractivity contribution in [1.29, 1.82) is 0 Å². The topological polar surface area (TPSA) is 230 Å². The van der Waals surface area contributed by atoms with Crippen LogP contribution in [-0.4, -0.2) is 74.7 Å². The van der Waals surface area contributed by atoms with Crippen molar-refractivity contribution in [1.82, 2.24) is 20.9 Å². The highest BCUT2D eigenvalue weighted by Gasteiger charge is 2.31. The van der Waals surface area contributed by atoms with E-state index in [4.69, 9.17) is 11.5 Å². The van der Waals surface area contributed by atoms with E-state index in [-0.39, 0.29) is 24.3 Å². The Labute approximate surface area is 240 Å². The molecule has 2 aromatic carbocycles. The third-order valence-corrected chi connectivity index (χ3v) is 6.66. The molecule has 0 fully saturated rings. The van der Waals surface area contributed by atoms with Gasteiger partial charge in [0, 0.05) is 29.3 Å². The van der Waals surface area contributed by atoms with E-state index in [0.29, 0.717) is 5.56 Å². The number of nitrogens with two attached hydrogens (primary N) is 2. The molecule has 1 heterocycles. The Morgan fingerprint density at radius 2 is 1.46 bits per heavy atom. The molecule has 0 saturated heterocycles. The molecule has 0 aliphatic heterocycles. The van der Waals surface area contributed by atoms with Crippen LogP contribution in [0.4, 0.5) is 0 Å². The summed E-state index contributed by atoms with van der Waals surface area (Å²) in [6, 6.07) is 8.03. The predicted octanol–water partition coefficient (Wildman–Crippen LogP) is -0.670. The molecular formula is C27H32N6O7S. The Bertz CT molecular complexity index is 1410. The average molecular weight is 585 g/mol. The minimum Gasteiger partial charge on any atom is -0.508 e. The van der Waals surface area contributed by atoms with Crippen molar-refractivity contribution in [2.75, 3.05) is 5.75 Å². The first kappa shape index (κ1) is 31.0. The summed E-state index contributed by atoms with van der Waals surface area (Å²) >= 11 is 4.12. The van der Waals surface area contributed by atoms with Crippen molar-refractivity contribution < 1.29 is 34.2 Å². The highest BCUT2D eigenvalue weighted by Crippen LogP contribution is 2.19. The number of aromatic amines is 1. The van der Waals surface area contributed by atoms with Crippen LogP contribution in [0.25, 0.3) is 10.9 Å². The average Bonchev–Trinajstić information content (AvgIpc) is 3.34.